The number of carbonyl (C=O) groups is 1. The summed E-state index contributed by atoms with van der Waals surface area (Å²) in [4.78, 5) is 14.8. The number of methoxy groups -OCH3 is 1. The molecule has 0 spiro atoms. The second kappa shape index (κ2) is 7.12. The molecular formula is C21H21N3O2. The van der Waals surface area contributed by atoms with Crippen molar-refractivity contribution in [3.05, 3.63) is 65.9 Å². The first-order valence-corrected chi connectivity index (χ1v) is 8.91. The zero-order valence-corrected chi connectivity index (χ0v) is 14.8. The Kier molecular flexibility index (Phi) is 4.52. The van der Waals surface area contributed by atoms with Gasteiger partial charge in [0.1, 0.15) is 0 Å². The van der Waals surface area contributed by atoms with Crippen molar-refractivity contribution >= 4 is 16.7 Å². The summed E-state index contributed by atoms with van der Waals surface area (Å²) in [5, 5.41) is 10.4. The first kappa shape index (κ1) is 16.5. The zero-order chi connectivity index (χ0) is 17.9. The van der Waals surface area contributed by atoms with Crippen molar-refractivity contribution in [3.63, 3.8) is 0 Å². The second-order valence-electron chi connectivity index (χ2n) is 6.64. The predicted molar refractivity (Wildman–Crippen MR) is 100 cm³/mol. The molecule has 26 heavy (non-hydrogen) atoms. The summed E-state index contributed by atoms with van der Waals surface area (Å²) in [6.45, 7) is 0.769. The molecule has 1 amide bonds. The number of ether oxygens (including phenoxy) is 1. The number of likely N-dealkylation sites (tertiary alicyclic amines) is 1. The van der Waals surface area contributed by atoms with Crippen molar-refractivity contribution in [3.8, 4) is 5.88 Å². The van der Waals surface area contributed by atoms with E-state index in [1.165, 1.54) is 23.4 Å². The van der Waals surface area contributed by atoms with Crippen LogP contribution in [0.4, 0.5) is 0 Å². The van der Waals surface area contributed by atoms with Crippen LogP contribution >= 0.6 is 0 Å². The van der Waals surface area contributed by atoms with Crippen LogP contribution in [-0.4, -0.2) is 40.7 Å². The molecule has 5 heteroatoms. The molecule has 132 valence electrons. The van der Waals surface area contributed by atoms with Gasteiger partial charge in [-0.15, -0.1) is 10.2 Å². The number of nitrogens with zero attached hydrogens (tertiary/aromatic N) is 3. The smallest absolute Gasteiger partial charge is 0.274 e. The van der Waals surface area contributed by atoms with Crippen LogP contribution in [-0.2, 0) is 6.42 Å². The second-order valence-corrected chi connectivity index (χ2v) is 6.64. The highest BCUT2D eigenvalue weighted by molar-refractivity contribution is 5.92. The van der Waals surface area contributed by atoms with Crippen molar-refractivity contribution in [2.24, 2.45) is 0 Å². The highest BCUT2D eigenvalue weighted by Gasteiger charge is 2.30. The summed E-state index contributed by atoms with van der Waals surface area (Å²) in [5.41, 5.74) is 1.63. The Balaban J connectivity index is 1.52. The molecule has 0 bridgehead atoms. The van der Waals surface area contributed by atoms with Crippen molar-refractivity contribution < 1.29 is 9.53 Å². The molecule has 1 aliphatic heterocycles. The van der Waals surface area contributed by atoms with Crippen LogP contribution in [0.3, 0.4) is 0 Å². The summed E-state index contributed by atoms with van der Waals surface area (Å²) in [6, 6.07) is 18.5. The molecule has 1 fully saturated rings. The van der Waals surface area contributed by atoms with Crippen LogP contribution in [0, 0.1) is 0 Å². The molecule has 3 aromatic rings. The Bertz CT molecular complexity index is 924. The van der Waals surface area contributed by atoms with Crippen molar-refractivity contribution in [1.82, 2.24) is 15.1 Å². The summed E-state index contributed by atoms with van der Waals surface area (Å²) in [6.07, 6.45) is 2.90. The third kappa shape index (κ3) is 3.25. The Morgan fingerprint density at radius 3 is 2.73 bits per heavy atom. The van der Waals surface area contributed by atoms with E-state index in [0.29, 0.717) is 11.6 Å². The summed E-state index contributed by atoms with van der Waals surface area (Å²) in [7, 11) is 1.53. The van der Waals surface area contributed by atoms with Crippen LogP contribution in [0.15, 0.2) is 54.6 Å². The Labute approximate surface area is 152 Å². The lowest BCUT2D eigenvalue weighted by Gasteiger charge is -2.24. The topological polar surface area (TPSA) is 55.3 Å². The van der Waals surface area contributed by atoms with Gasteiger partial charge in [0, 0.05) is 18.7 Å². The third-order valence-electron chi connectivity index (χ3n) is 4.99. The van der Waals surface area contributed by atoms with Gasteiger partial charge in [-0.3, -0.25) is 4.79 Å². The largest absolute Gasteiger partial charge is 0.480 e. The minimum Gasteiger partial charge on any atom is -0.480 e. The standard InChI is InChI=1S/C21H21N3O2/c1-26-20-11-10-19(22-23-20)21(25)24-12-4-7-18(24)14-15-8-9-16-5-2-3-6-17(16)13-15/h2-3,5-6,8-11,13,18H,4,7,12,14H2,1H3. The zero-order valence-electron chi connectivity index (χ0n) is 14.8. The van der Waals surface area contributed by atoms with Crippen molar-refractivity contribution in [2.45, 2.75) is 25.3 Å². The van der Waals surface area contributed by atoms with Crippen molar-refractivity contribution in [1.29, 1.82) is 0 Å². The fourth-order valence-electron chi connectivity index (χ4n) is 3.64. The molecule has 5 nitrogen and oxygen atoms in total. The lowest BCUT2D eigenvalue weighted by atomic mass is 10.0. The van der Waals surface area contributed by atoms with Crippen LogP contribution in [0.1, 0.15) is 28.9 Å². The van der Waals surface area contributed by atoms with Gasteiger partial charge in [0.05, 0.1) is 7.11 Å². The Hall–Kier alpha value is -2.95. The molecule has 2 heterocycles. The van der Waals surface area contributed by atoms with E-state index in [9.17, 15) is 4.79 Å². The van der Waals surface area contributed by atoms with Gasteiger partial charge in [-0.1, -0.05) is 42.5 Å². The molecule has 1 aliphatic rings. The maximum atomic E-state index is 12.8. The van der Waals surface area contributed by atoms with Gasteiger partial charge in [0.2, 0.25) is 5.88 Å². The van der Waals surface area contributed by atoms with Crippen molar-refractivity contribution in [2.75, 3.05) is 13.7 Å². The van der Waals surface area contributed by atoms with E-state index in [2.05, 4.69) is 52.7 Å². The first-order valence-electron chi connectivity index (χ1n) is 8.91. The summed E-state index contributed by atoms with van der Waals surface area (Å²) >= 11 is 0. The monoisotopic (exact) mass is 347 g/mol. The predicted octanol–water partition coefficient (Wildman–Crippen LogP) is 3.49. The lowest BCUT2D eigenvalue weighted by Crippen LogP contribution is -2.37. The van der Waals surface area contributed by atoms with Crippen LogP contribution in [0.2, 0.25) is 0 Å². The van der Waals surface area contributed by atoms with E-state index in [4.69, 9.17) is 4.74 Å². The average Bonchev–Trinajstić information content (AvgIpc) is 3.15. The van der Waals surface area contributed by atoms with Gasteiger partial charge in [0.25, 0.3) is 5.91 Å². The molecule has 1 atom stereocenters. The minimum absolute atomic E-state index is 0.0524. The highest BCUT2D eigenvalue weighted by atomic mass is 16.5. The number of fused-ring (bicyclic) bond motifs is 1. The number of amides is 1. The van der Waals surface area contributed by atoms with Crippen LogP contribution in [0.25, 0.3) is 10.8 Å². The highest BCUT2D eigenvalue weighted by Crippen LogP contribution is 2.25. The molecule has 1 saturated heterocycles. The van der Waals surface area contributed by atoms with E-state index in [-0.39, 0.29) is 11.9 Å². The number of hydrogen-bond acceptors (Lipinski definition) is 4. The molecule has 0 N–H and O–H groups in total. The molecule has 0 radical (unpaired) electrons. The van der Waals surface area contributed by atoms with E-state index < -0.39 is 0 Å². The fourth-order valence-corrected chi connectivity index (χ4v) is 3.64. The molecule has 2 aromatic carbocycles. The molecule has 0 aliphatic carbocycles. The molecule has 0 saturated carbocycles. The average molecular weight is 347 g/mol. The number of hydrogen-bond donors (Lipinski definition) is 0. The number of aromatic nitrogens is 2. The van der Waals surface area contributed by atoms with E-state index in [1.54, 1.807) is 12.1 Å². The maximum absolute atomic E-state index is 12.8. The maximum Gasteiger partial charge on any atom is 0.274 e. The quantitative estimate of drug-likeness (QED) is 0.725. The van der Waals surface area contributed by atoms with E-state index in [0.717, 1.165) is 25.8 Å². The summed E-state index contributed by atoms with van der Waals surface area (Å²) in [5.74, 6) is 0.360. The molecular weight excluding hydrogens is 326 g/mol. The Morgan fingerprint density at radius 1 is 1.12 bits per heavy atom. The van der Waals surface area contributed by atoms with Gasteiger partial charge < -0.3 is 9.64 Å². The van der Waals surface area contributed by atoms with Gasteiger partial charge in [-0.25, -0.2) is 0 Å². The number of rotatable bonds is 4. The van der Waals surface area contributed by atoms with Gasteiger partial charge in [0.15, 0.2) is 5.69 Å². The molecule has 4 rings (SSSR count). The third-order valence-corrected chi connectivity index (χ3v) is 4.99. The molecule has 1 aromatic heterocycles. The SMILES string of the molecule is COc1ccc(C(=O)N2CCCC2Cc2ccc3ccccc3c2)nn1. The normalized spacial score (nSPS) is 16.8. The van der Waals surface area contributed by atoms with Gasteiger partial charge >= 0.3 is 0 Å². The summed E-state index contributed by atoms with van der Waals surface area (Å²) < 4.78 is 5.01. The first-order chi connectivity index (χ1) is 12.7. The van der Waals surface area contributed by atoms with E-state index >= 15 is 0 Å². The Morgan fingerprint density at radius 2 is 1.96 bits per heavy atom. The number of benzene rings is 2. The minimum atomic E-state index is -0.0524. The molecule has 1 unspecified atom stereocenters. The van der Waals surface area contributed by atoms with Gasteiger partial charge in [-0.05, 0) is 41.7 Å². The number of carbonyl (C=O) groups excluding carboxylic acids is 1. The van der Waals surface area contributed by atoms with E-state index in [1.807, 2.05) is 4.90 Å². The lowest BCUT2D eigenvalue weighted by molar-refractivity contribution is 0.0729. The fraction of sp³-hybridized carbons (Fsp3) is 0.286. The van der Waals surface area contributed by atoms with Gasteiger partial charge in [-0.2, -0.15) is 0 Å². The van der Waals surface area contributed by atoms with Crippen LogP contribution in [0.5, 0.6) is 5.88 Å². The van der Waals surface area contributed by atoms with Crippen LogP contribution < -0.4 is 4.74 Å².